The van der Waals surface area contributed by atoms with Crippen molar-refractivity contribution >= 4 is 11.1 Å². The van der Waals surface area contributed by atoms with Crippen molar-refractivity contribution < 1.29 is 8.76 Å². The summed E-state index contributed by atoms with van der Waals surface area (Å²) in [7, 11) is 0. The molecular weight excluding hydrogens is 148 g/mol. The monoisotopic (exact) mass is 159 g/mol. The maximum absolute atomic E-state index is 9.86. The van der Waals surface area contributed by atoms with Gasteiger partial charge in [0.05, 0.1) is 0 Å². The topological polar surface area (TPSA) is 40.1 Å². The predicted octanol–water partition coefficient (Wildman–Crippen LogP) is 1.41. The van der Waals surface area contributed by atoms with Crippen LogP contribution < -0.4 is 0 Å². The van der Waals surface area contributed by atoms with Crippen LogP contribution in [0, 0.1) is 11.2 Å². The van der Waals surface area contributed by atoms with Gasteiger partial charge in [0.1, 0.15) is 0 Å². The molecule has 10 heavy (non-hydrogen) atoms. The van der Waals surface area contributed by atoms with Gasteiger partial charge in [-0.3, -0.25) is 4.21 Å². The average molecular weight is 159 g/mol. The first kappa shape index (κ1) is 9.67. The number of rotatable bonds is 3. The summed E-state index contributed by atoms with van der Waals surface area (Å²) in [5.41, 5.74) is 0. The highest BCUT2D eigenvalue weighted by molar-refractivity contribution is 7.84. The molecule has 0 saturated heterocycles. The Labute approximate surface area is 64.3 Å². The van der Waals surface area contributed by atoms with Crippen LogP contribution in [0.15, 0.2) is 0 Å². The van der Waals surface area contributed by atoms with Crippen LogP contribution in [0.5, 0.6) is 0 Å². The largest absolute Gasteiger partial charge is 0.762 e. The van der Waals surface area contributed by atoms with E-state index in [0.717, 1.165) is 19.3 Å². The number of hydrogen-bond donors (Lipinski definition) is 0. The Morgan fingerprint density at radius 3 is 2.70 bits per heavy atom. The third-order valence-electron chi connectivity index (χ3n) is 1.06. The molecule has 1 unspecified atom stereocenters. The Hall–Kier alpha value is -0.330. The lowest BCUT2D eigenvalue weighted by Crippen LogP contribution is -1.78. The van der Waals surface area contributed by atoms with E-state index >= 15 is 0 Å². The second-order valence-corrected chi connectivity index (χ2v) is 2.64. The first-order valence-corrected chi connectivity index (χ1v) is 4.42. The zero-order valence-corrected chi connectivity index (χ0v) is 6.87. The van der Waals surface area contributed by atoms with Gasteiger partial charge in [0.2, 0.25) is 0 Å². The highest BCUT2D eigenvalue weighted by Crippen LogP contribution is 1.96. The quantitative estimate of drug-likeness (QED) is 0.355. The van der Waals surface area contributed by atoms with Crippen LogP contribution in [0.1, 0.15) is 32.6 Å². The van der Waals surface area contributed by atoms with Gasteiger partial charge < -0.3 is 4.55 Å². The molecule has 0 aromatic carbocycles. The fourth-order valence-corrected chi connectivity index (χ4v) is 0.793. The third-order valence-corrected chi connectivity index (χ3v) is 1.37. The summed E-state index contributed by atoms with van der Waals surface area (Å²) in [6.07, 6.45) is 3.96. The van der Waals surface area contributed by atoms with Gasteiger partial charge in [0, 0.05) is 17.5 Å². The van der Waals surface area contributed by atoms with Crippen molar-refractivity contribution in [2.24, 2.45) is 0 Å². The van der Waals surface area contributed by atoms with E-state index in [0.29, 0.717) is 6.42 Å². The summed E-state index contributed by atoms with van der Waals surface area (Å²) in [4.78, 5) is 0. The maximum Gasteiger partial charge on any atom is 0.0247 e. The van der Waals surface area contributed by atoms with Crippen LogP contribution in [0.4, 0.5) is 0 Å². The van der Waals surface area contributed by atoms with Crippen molar-refractivity contribution in [2.45, 2.75) is 32.6 Å². The van der Waals surface area contributed by atoms with Crippen molar-refractivity contribution in [2.75, 3.05) is 0 Å². The summed E-state index contributed by atoms with van der Waals surface area (Å²) in [6, 6.07) is 0. The molecule has 0 spiro atoms. The van der Waals surface area contributed by atoms with E-state index in [1.54, 1.807) is 0 Å². The minimum Gasteiger partial charge on any atom is -0.762 e. The lowest BCUT2D eigenvalue weighted by molar-refractivity contribution is 0.548. The summed E-state index contributed by atoms with van der Waals surface area (Å²) in [5, 5.41) is 2.07. The Morgan fingerprint density at radius 2 is 2.20 bits per heavy atom. The van der Waals surface area contributed by atoms with Gasteiger partial charge in [-0.1, -0.05) is 25.7 Å². The van der Waals surface area contributed by atoms with Gasteiger partial charge in [-0.2, -0.15) is 0 Å². The van der Waals surface area contributed by atoms with Crippen LogP contribution in [0.25, 0.3) is 0 Å². The Morgan fingerprint density at radius 1 is 1.50 bits per heavy atom. The number of hydrogen-bond acceptors (Lipinski definition) is 2. The fraction of sp³-hybridized carbons (Fsp3) is 0.714. The van der Waals surface area contributed by atoms with Crippen LogP contribution in [-0.4, -0.2) is 8.76 Å². The van der Waals surface area contributed by atoms with Crippen LogP contribution in [-0.2, 0) is 11.1 Å². The van der Waals surface area contributed by atoms with E-state index in [1.165, 1.54) is 0 Å². The second kappa shape index (κ2) is 6.79. The molecule has 0 heterocycles. The first-order chi connectivity index (χ1) is 4.77. The third kappa shape index (κ3) is 7.67. The van der Waals surface area contributed by atoms with Crippen molar-refractivity contribution in [3.05, 3.63) is 0 Å². The van der Waals surface area contributed by atoms with E-state index in [9.17, 15) is 8.76 Å². The molecule has 0 N–H and O–H groups in total. The van der Waals surface area contributed by atoms with E-state index in [4.69, 9.17) is 0 Å². The summed E-state index contributed by atoms with van der Waals surface area (Å²) < 4.78 is 19.7. The lowest BCUT2D eigenvalue weighted by atomic mass is 10.2. The molecule has 1 atom stereocenters. The second-order valence-electron chi connectivity index (χ2n) is 1.97. The number of unbranched alkanes of at least 4 members (excludes halogenated alkanes) is 3. The molecule has 0 rings (SSSR count). The molecule has 3 heteroatoms. The average Bonchev–Trinajstić information content (AvgIpc) is 1.87. The van der Waals surface area contributed by atoms with E-state index in [2.05, 4.69) is 18.1 Å². The smallest absolute Gasteiger partial charge is 0.0247 e. The molecule has 0 aliphatic carbocycles. The zero-order chi connectivity index (χ0) is 7.82. The van der Waals surface area contributed by atoms with Crippen molar-refractivity contribution in [3.63, 3.8) is 0 Å². The SMILES string of the molecule is CCCCCC#CS(=O)[O-]. The first-order valence-electron chi connectivity index (χ1n) is 3.35. The minimum atomic E-state index is -2.18. The van der Waals surface area contributed by atoms with Gasteiger partial charge in [0.15, 0.2) is 0 Å². The normalized spacial score (nSPS) is 11.8. The zero-order valence-electron chi connectivity index (χ0n) is 6.05. The van der Waals surface area contributed by atoms with Gasteiger partial charge in [-0.25, -0.2) is 0 Å². The van der Waals surface area contributed by atoms with Gasteiger partial charge in [-0.05, 0) is 11.7 Å². The molecule has 58 valence electrons. The summed E-state index contributed by atoms with van der Waals surface area (Å²) in [5.74, 6) is 2.56. The van der Waals surface area contributed by atoms with E-state index in [1.807, 2.05) is 0 Å². The van der Waals surface area contributed by atoms with E-state index in [-0.39, 0.29) is 0 Å². The molecule has 0 aliphatic rings. The molecule has 0 aromatic heterocycles. The van der Waals surface area contributed by atoms with Gasteiger partial charge in [0.25, 0.3) is 0 Å². The Kier molecular flexibility index (Phi) is 6.56. The Balaban J connectivity index is 3.20. The van der Waals surface area contributed by atoms with E-state index < -0.39 is 11.1 Å². The minimum absolute atomic E-state index is 0.696. The molecule has 0 saturated carbocycles. The molecule has 2 nitrogen and oxygen atoms in total. The van der Waals surface area contributed by atoms with Crippen molar-refractivity contribution in [3.8, 4) is 11.2 Å². The summed E-state index contributed by atoms with van der Waals surface area (Å²) >= 11 is -2.18. The molecule has 0 amide bonds. The molecular formula is C7H11O2S-. The molecule has 0 fully saturated rings. The van der Waals surface area contributed by atoms with Crippen molar-refractivity contribution in [1.82, 2.24) is 0 Å². The van der Waals surface area contributed by atoms with Crippen LogP contribution >= 0.6 is 0 Å². The maximum atomic E-state index is 9.86. The molecule has 0 radical (unpaired) electrons. The highest BCUT2D eigenvalue weighted by atomic mass is 32.2. The highest BCUT2D eigenvalue weighted by Gasteiger charge is 1.79. The van der Waals surface area contributed by atoms with Crippen LogP contribution in [0.2, 0.25) is 0 Å². The standard InChI is InChI=1S/C7H12O2S/c1-2-3-4-5-6-7-10(8)9/h2-5H2,1H3,(H,8,9)/p-1. The Bertz CT molecular complexity index is 155. The van der Waals surface area contributed by atoms with Crippen LogP contribution in [0.3, 0.4) is 0 Å². The lowest BCUT2D eigenvalue weighted by Gasteiger charge is -1.90. The van der Waals surface area contributed by atoms with Gasteiger partial charge in [-0.15, -0.1) is 0 Å². The molecule has 0 aliphatic heterocycles. The van der Waals surface area contributed by atoms with Gasteiger partial charge >= 0.3 is 0 Å². The fourth-order valence-electron chi connectivity index (χ4n) is 0.573. The molecule has 0 bridgehead atoms. The molecule has 0 aromatic rings. The predicted molar refractivity (Wildman–Crippen MR) is 40.8 cm³/mol. The summed E-state index contributed by atoms with van der Waals surface area (Å²) in [6.45, 7) is 2.10. The van der Waals surface area contributed by atoms with Crippen molar-refractivity contribution in [1.29, 1.82) is 0 Å².